The fourth-order valence-corrected chi connectivity index (χ4v) is 2.95. The van der Waals surface area contributed by atoms with Gasteiger partial charge in [-0.15, -0.1) is 0 Å². The molecule has 2 aromatic carbocycles. The molecular weight excluding hydrogens is 352 g/mol. The maximum Gasteiger partial charge on any atom is 0.294 e. The first-order valence-corrected chi connectivity index (χ1v) is 10.2. The summed E-state index contributed by atoms with van der Waals surface area (Å²) in [6.45, 7) is 5.86. The first-order valence-electron chi connectivity index (χ1n) is 8.77. The van der Waals surface area contributed by atoms with E-state index in [0.29, 0.717) is 32.2 Å². The van der Waals surface area contributed by atoms with Crippen LogP contribution in [-0.4, -0.2) is 32.8 Å². The van der Waals surface area contributed by atoms with Gasteiger partial charge in [-0.25, -0.2) is 0 Å². The fraction of sp³-hybridized carbons (Fsp3) is 0.400. The van der Waals surface area contributed by atoms with Crippen LogP contribution in [0.3, 0.4) is 0 Å². The molecule has 0 saturated carbocycles. The molecule has 0 aliphatic carbocycles. The van der Waals surface area contributed by atoms with E-state index in [4.69, 9.17) is 14.0 Å². The zero-order valence-electron chi connectivity index (χ0n) is 15.2. The molecule has 0 aliphatic rings. The molecular formula is C20H26O5S. The summed E-state index contributed by atoms with van der Waals surface area (Å²) < 4.78 is 42.1. The van der Waals surface area contributed by atoms with Crippen molar-refractivity contribution in [3.63, 3.8) is 0 Å². The lowest BCUT2D eigenvalue weighted by Gasteiger charge is -2.11. The Morgan fingerprint density at radius 1 is 0.962 bits per heavy atom. The van der Waals surface area contributed by atoms with Gasteiger partial charge in [0.05, 0.1) is 18.1 Å². The average molecular weight is 378 g/mol. The second-order valence-electron chi connectivity index (χ2n) is 6.21. The number of rotatable bonds is 10. The lowest BCUT2D eigenvalue weighted by molar-refractivity contribution is 0.102. The predicted molar refractivity (Wildman–Crippen MR) is 101 cm³/mol. The minimum absolute atomic E-state index is 0.102. The molecule has 26 heavy (non-hydrogen) atoms. The highest BCUT2D eigenvalue weighted by atomic mass is 32.2. The van der Waals surface area contributed by atoms with Crippen molar-refractivity contribution >= 4 is 10.1 Å². The lowest BCUT2D eigenvalue weighted by atomic mass is 9.99. The van der Waals surface area contributed by atoms with E-state index in [-0.39, 0.29) is 4.90 Å². The van der Waals surface area contributed by atoms with Crippen LogP contribution in [0.25, 0.3) is 0 Å². The molecule has 0 aliphatic heterocycles. The van der Waals surface area contributed by atoms with Gasteiger partial charge in [-0.3, -0.25) is 4.55 Å². The molecule has 0 heterocycles. The van der Waals surface area contributed by atoms with Crippen LogP contribution in [0, 0.1) is 0 Å². The summed E-state index contributed by atoms with van der Waals surface area (Å²) in [6.07, 6.45) is 1.78. The smallest absolute Gasteiger partial charge is 0.294 e. The highest BCUT2D eigenvalue weighted by Gasteiger charge is 2.08. The molecule has 1 atom stereocenters. The molecule has 0 spiro atoms. The Bertz CT molecular complexity index is 767. The average Bonchev–Trinajstić information content (AvgIpc) is 2.64. The monoisotopic (exact) mass is 378 g/mol. The fourth-order valence-electron chi connectivity index (χ4n) is 2.47. The van der Waals surface area contributed by atoms with Gasteiger partial charge in [-0.2, -0.15) is 8.42 Å². The van der Waals surface area contributed by atoms with Crippen LogP contribution in [0.5, 0.6) is 5.75 Å². The summed E-state index contributed by atoms with van der Waals surface area (Å²) in [5.41, 5.74) is 2.26. The minimum atomic E-state index is -4.14. The van der Waals surface area contributed by atoms with Crippen molar-refractivity contribution < 1.29 is 22.4 Å². The summed E-state index contributed by atoms with van der Waals surface area (Å²) in [4.78, 5) is -0.102. The Morgan fingerprint density at radius 2 is 1.62 bits per heavy atom. The number of ether oxygens (including phenoxy) is 2. The Morgan fingerprint density at radius 3 is 2.19 bits per heavy atom. The van der Waals surface area contributed by atoms with E-state index >= 15 is 0 Å². The molecule has 5 nitrogen and oxygen atoms in total. The van der Waals surface area contributed by atoms with Crippen LogP contribution in [0.4, 0.5) is 0 Å². The first kappa shape index (κ1) is 20.4. The van der Waals surface area contributed by atoms with Gasteiger partial charge in [-0.1, -0.05) is 38.1 Å². The van der Waals surface area contributed by atoms with Crippen LogP contribution >= 0.6 is 0 Å². The van der Waals surface area contributed by atoms with Crippen molar-refractivity contribution in [3.05, 3.63) is 59.7 Å². The SMILES string of the molecule is CCC(C)c1ccc(OCCOCCc2ccc(S(=O)(=O)O)cc2)cc1. The van der Waals surface area contributed by atoms with Gasteiger partial charge >= 0.3 is 0 Å². The molecule has 0 fully saturated rings. The summed E-state index contributed by atoms with van der Waals surface area (Å²) in [5, 5.41) is 0. The Balaban J connectivity index is 1.65. The normalized spacial score (nSPS) is 12.7. The zero-order chi connectivity index (χ0) is 19.0. The summed E-state index contributed by atoms with van der Waals surface area (Å²) in [5.74, 6) is 1.39. The van der Waals surface area contributed by atoms with E-state index in [1.807, 2.05) is 12.1 Å². The first-order chi connectivity index (χ1) is 12.4. The molecule has 142 valence electrons. The van der Waals surface area contributed by atoms with Gasteiger partial charge < -0.3 is 9.47 Å². The summed E-state index contributed by atoms with van der Waals surface area (Å²) in [6, 6.07) is 14.3. The molecule has 0 radical (unpaired) electrons. The van der Waals surface area contributed by atoms with Gasteiger partial charge in [0.1, 0.15) is 12.4 Å². The topological polar surface area (TPSA) is 72.8 Å². The van der Waals surface area contributed by atoms with Crippen LogP contribution < -0.4 is 4.74 Å². The third-order valence-electron chi connectivity index (χ3n) is 4.31. The van der Waals surface area contributed by atoms with Crippen LogP contribution in [-0.2, 0) is 21.3 Å². The van der Waals surface area contributed by atoms with Crippen molar-refractivity contribution in [2.45, 2.75) is 37.5 Å². The van der Waals surface area contributed by atoms with E-state index < -0.39 is 10.1 Å². The summed E-state index contributed by atoms with van der Waals surface area (Å²) >= 11 is 0. The van der Waals surface area contributed by atoms with E-state index in [9.17, 15) is 8.42 Å². The van der Waals surface area contributed by atoms with Gasteiger partial charge in [-0.05, 0) is 54.2 Å². The van der Waals surface area contributed by atoms with E-state index in [0.717, 1.165) is 17.7 Å². The highest BCUT2D eigenvalue weighted by Crippen LogP contribution is 2.21. The van der Waals surface area contributed by atoms with Crippen LogP contribution in [0.2, 0.25) is 0 Å². The second-order valence-corrected chi connectivity index (χ2v) is 7.63. The van der Waals surface area contributed by atoms with Gasteiger partial charge in [0, 0.05) is 0 Å². The third-order valence-corrected chi connectivity index (χ3v) is 5.18. The molecule has 1 N–H and O–H groups in total. The Kier molecular flexibility index (Phi) is 7.63. The minimum Gasteiger partial charge on any atom is -0.491 e. The third kappa shape index (κ3) is 6.44. The number of hydrogen-bond acceptors (Lipinski definition) is 4. The lowest BCUT2D eigenvalue weighted by Crippen LogP contribution is -2.09. The maximum atomic E-state index is 11.0. The Hall–Kier alpha value is -1.89. The molecule has 1 unspecified atom stereocenters. The predicted octanol–water partition coefficient (Wildman–Crippen LogP) is 4.08. The van der Waals surface area contributed by atoms with Gasteiger partial charge in [0.15, 0.2) is 0 Å². The second kappa shape index (κ2) is 9.71. The van der Waals surface area contributed by atoms with E-state index in [2.05, 4.69) is 26.0 Å². The van der Waals surface area contributed by atoms with E-state index in [1.54, 1.807) is 12.1 Å². The quantitative estimate of drug-likeness (QED) is 0.498. The van der Waals surface area contributed by atoms with Gasteiger partial charge in [0.25, 0.3) is 10.1 Å². The largest absolute Gasteiger partial charge is 0.491 e. The Labute approximate surface area is 155 Å². The molecule has 0 aromatic heterocycles. The van der Waals surface area contributed by atoms with Crippen molar-refractivity contribution in [1.29, 1.82) is 0 Å². The summed E-state index contributed by atoms with van der Waals surface area (Å²) in [7, 11) is -4.14. The van der Waals surface area contributed by atoms with Crippen molar-refractivity contribution in [2.75, 3.05) is 19.8 Å². The molecule has 2 rings (SSSR count). The highest BCUT2D eigenvalue weighted by molar-refractivity contribution is 7.85. The van der Waals surface area contributed by atoms with Crippen LogP contribution in [0.15, 0.2) is 53.4 Å². The van der Waals surface area contributed by atoms with Gasteiger partial charge in [0.2, 0.25) is 0 Å². The van der Waals surface area contributed by atoms with E-state index in [1.165, 1.54) is 17.7 Å². The molecule has 0 amide bonds. The number of benzene rings is 2. The zero-order valence-corrected chi connectivity index (χ0v) is 16.0. The van der Waals surface area contributed by atoms with Crippen molar-refractivity contribution in [1.82, 2.24) is 0 Å². The van der Waals surface area contributed by atoms with Crippen molar-refractivity contribution in [2.24, 2.45) is 0 Å². The number of hydrogen-bond donors (Lipinski definition) is 1. The standard InChI is InChI=1S/C20H26O5S/c1-3-16(2)18-6-8-19(9-7-18)25-15-14-24-13-12-17-4-10-20(11-5-17)26(21,22)23/h4-11,16H,3,12-15H2,1-2H3,(H,21,22,23). The molecule has 0 saturated heterocycles. The molecule has 2 aromatic rings. The maximum absolute atomic E-state index is 11.0. The molecule has 6 heteroatoms. The van der Waals surface area contributed by atoms with Crippen molar-refractivity contribution in [3.8, 4) is 5.75 Å². The molecule has 0 bridgehead atoms. The van der Waals surface area contributed by atoms with Crippen LogP contribution in [0.1, 0.15) is 37.3 Å².